The van der Waals surface area contributed by atoms with Gasteiger partial charge in [0.05, 0.1) is 18.9 Å². The van der Waals surface area contributed by atoms with Crippen molar-refractivity contribution >= 4 is 11.6 Å². The highest BCUT2D eigenvalue weighted by molar-refractivity contribution is 5.98. The van der Waals surface area contributed by atoms with E-state index in [1.54, 1.807) is 12.1 Å². The number of ether oxygens (including phenoxy) is 2. The molecule has 1 unspecified atom stereocenters. The van der Waals surface area contributed by atoms with Crippen LogP contribution in [0.5, 0.6) is 11.5 Å². The fourth-order valence-electron chi connectivity index (χ4n) is 1.96. The zero-order valence-corrected chi connectivity index (χ0v) is 11.2. The van der Waals surface area contributed by atoms with Crippen LogP contribution in [-0.2, 0) is 11.4 Å². The second-order valence-corrected chi connectivity index (χ2v) is 4.48. The lowest BCUT2D eigenvalue weighted by Crippen LogP contribution is -2.36. The van der Waals surface area contributed by atoms with Crippen molar-refractivity contribution in [2.75, 3.05) is 11.9 Å². The Hall–Kier alpha value is -1.75. The van der Waals surface area contributed by atoms with E-state index in [1.807, 2.05) is 13.8 Å². The van der Waals surface area contributed by atoms with Crippen LogP contribution in [0.3, 0.4) is 0 Å². The normalized spacial score (nSPS) is 17.4. The third-order valence-corrected chi connectivity index (χ3v) is 2.94. The average molecular weight is 265 g/mol. The van der Waals surface area contributed by atoms with Crippen LogP contribution in [0.25, 0.3) is 0 Å². The lowest BCUT2D eigenvalue weighted by molar-refractivity contribution is -0.123. The van der Waals surface area contributed by atoms with Gasteiger partial charge in [0.1, 0.15) is 0 Å². The van der Waals surface area contributed by atoms with Crippen LogP contribution >= 0.6 is 0 Å². The molecule has 2 rings (SSSR count). The largest absolute Gasteiger partial charge is 0.490 e. The maximum atomic E-state index is 11.8. The van der Waals surface area contributed by atoms with Gasteiger partial charge in [-0.1, -0.05) is 13.8 Å². The minimum atomic E-state index is -0.489. The quantitative estimate of drug-likeness (QED) is 0.855. The molecule has 5 heteroatoms. The number of nitrogens with one attached hydrogen (secondary N) is 1. The molecule has 1 amide bonds. The van der Waals surface area contributed by atoms with Crippen LogP contribution in [-0.4, -0.2) is 23.7 Å². The molecule has 0 saturated heterocycles. The molecule has 0 fully saturated rings. The van der Waals surface area contributed by atoms with Gasteiger partial charge in [0.25, 0.3) is 5.91 Å². The Morgan fingerprint density at radius 2 is 2.21 bits per heavy atom. The molecule has 0 saturated carbocycles. The predicted octanol–water partition coefficient (Wildman–Crippen LogP) is 2.08. The number of hydrogen-bond donors (Lipinski definition) is 2. The zero-order valence-electron chi connectivity index (χ0n) is 11.2. The van der Waals surface area contributed by atoms with Gasteiger partial charge in [0.2, 0.25) is 0 Å². The highest BCUT2D eigenvalue weighted by Gasteiger charge is 2.29. The van der Waals surface area contributed by atoms with Crippen LogP contribution in [0.1, 0.15) is 32.3 Å². The van der Waals surface area contributed by atoms with Crippen LogP contribution in [0.15, 0.2) is 12.1 Å². The highest BCUT2D eigenvalue weighted by atomic mass is 16.5. The van der Waals surface area contributed by atoms with Gasteiger partial charge in [0.15, 0.2) is 17.6 Å². The van der Waals surface area contributed by atoms with Crippen molar-refractivity contribution in [3.8, 4) is 11.5 Å². The number of carbonyl (C=O) groups excluding carboxylic acids is 1. The van der Waals surface area contributed by atoms with Gasteiger partial charge in [-0.05, 0) is 30.5 Å². The number of aliphatic hydroxyl groups is 1. The van der Waals surface area contributed by atoms with E-state index in [1.165, 1.54) is 0 Å². The summed E-state index contributed by atoms with van der Waals surface area (Å²) in [6.45, 7) is 4.36. The zero-order chi connectivity index (χ0) is 13.8. The fourth-order valence-corrected chi connectivity index (χ4v) is 1.96. The third-order valence-electron chi connectivity index (χ3n) is 2.94. The van der Waals surface area contributed by atoms with Crippen molar-refractivity contribution in [2.24, 2.45) is 0 Å². The third kappa shape index (κ3) is 2.81. The summed E-state index contributed by atoms with van der Waals surface area (Å²) in [6, 6.07) is 3.45. The summed E-state index contributed by atoms with van der Waals surface area (Å²) in [7, 11) is 0. The SMILES string of the molecule is CCCOc1cc(CO)cc2c1OC(CC)C(=O)N2. The number of aliphatic hydroxyl groups excluding tert-OH is 1. The maximum absolute atomic E-state index is 11.8. The van der Waals surface area contributed by atoms with Crippen LogP contribution in [0, 0.1) is 0 Å². The summed E-state index contributed by atoms with van der Waals surface area (Å²) in [5, 5.41) is 12.0. The summed E-state index contributed by atoms with van der Waals surface area (Å²) in [6.07, 6.45) is 0.985. The molecule has 1 aromatic carbocycles. The summed E-state index contributed by atoms with van der Waals surface area (Å²) < 4.78 is 11.3. The molecule has 5 nitrogen and oxygen atoms in total. The Labute approximate surface area is 112 Å². The Balaban J connectivity index is 2.37. The number of carbonyl (C=O) groups is 1. The topological polar surface area (TPSA) is 67.8 Å². The number of hydrogen-bond acceptors (Lipinski definition) is 4. The molecule has 0 bridgehead atoms. The van der Waals surface area contributed by atoms with E-state index in [-0.39, 0.29) is 12.5 Å². The smallest absolute Gasteiger partial charge is 0.265 e. The molecule has 1 aliphatic rings. The lowest BCUT2D eigenvalue weighted by atomic mass is 10.1. The van der Waals surface area contributed by atoms with Gasteiger partial charge in [-0.2, -0.15) is 0 Å². The maximum Gasteiger partial charge on any atom is 0.265 e. The van der Waals surface area contributed by atoms with Crippen molar-refractivity contribution in [3.63, 3.8) is 0 Å². The highest BCUT2D eigenvalue weighted by Crippen LogP contribution is 2.40. The summed E-state index contributed by atoms with van der Waals surface area (Å²) >= 11 is 0. The minimum absolute atomic E-state index is 0.108. The van der Waals surface area contributed by atoms with Gasteiger partial charge in [-0.15, -0.1) is 0 Å². The van der Waals surface area contributed by atoms with Crippen molar-refractivity contribution in [2.45, 2.75) is 39.4 Å². The van der Waals surface area contributed by atoms with Gasteiger partial charge in [0, 0.05) is 0 Å². The Morgan fingerprint density at radius 1 is 1.42 bits per heavy atom. The summed E-state index contributed by atoms with van der Waals surface area (Å²) in [5.41, 5.74) is 1.25. The van der Waals surface area contributed by atoms with Gasteiger partial charge >= 0.3 is 0 Å². The molecule has 0 aromatic heterocycles. The molecule has 0 aliphatic carbocycles. The molecule has 0 radical (unpaired) electrons. The van der Waals surface area contributed by atoms with Gasteiger partial charge in [-0.3, -0.25) is 4.79 Å². The lowest BCUT2D eigenvalue weighted by Gasteiger charge is -2.27. The van der Waals surface area contributed by atoms with Crippen molar-refractivity contribution in [1.29, 1.82) is 0 Å². The van der Waals surface area contributed by atoms with E-state index in [0.29, 0.717) is 35.8 Å². The van der Waals surface area contributed by atoms with E-state index >= 15 is 0 Å². The molecule has 1 heterocycles. The number of amides is 1. The second kappa shape index (κ2) is 5.93. The Morgan fingerprint density at radius 3 is 2.84 bits per heavy atom. The van der Waals surface area contributed by atoms with Crippen molar-refractivity contribution in [1.82, 2.24) is 0 Å². The monoisotopic (exact) mass is 265 g/mol. The van der Waals surface area contributed by atoms with Crippen molar-refractivity contribution < 1.29 is 19.4 Å². The first-order valence-electron chi connectivity index (χ1n) is 6.57. The van der Waals surface area contributed by atoms with Crippen LogP contribution in [0.2, 0.25) is 0 Å². The second-order valence-electron chi connectivity index (χ2n) is 4.48. The number of rotatable bonds is 5. The molecule has 0 spiro atoms. The number of benzene rings is 1. The van der Waals surface area contributed by atoms with E-state index in [4.69, 9.17) is 9.47 Å². The molecule has 19 heavy (non-hydrogen) atoms. The van der Waals surface area contributed by atoms with Crippen molar-refractivity contribution in [3.05, 3.63) is 17.7 Å². The first-order chi connectivity index (χ1) is 9.19. The number of anilines is 1. The van der Waals surface area contributed by atoms with Gasteiger partial charge in [-0.25, -0.2) is 0 Å². The molecule has 1 aliphatic heterocycles. The summed E-state index contributed by atoms with van der Waals surface area (Å²) in [4.78, 5) is 11.8. The average Bonchev–Trinajstić information content (AvgIpc) is 2.43. The predicted molar refractivity (Wildman–Crippen MR) is 71.5 cm³/mol. The summed E-state index contributed by atoms with van der Waals surface area (Å²) in [5.74, 6) is 0.963. The molecular weight excluding hydrogens is 246 g/mol. The fraction of sp³-hybridized carbons (Fsp3) is 0.500. The molecule has 1 atom stereocenters. The standard InChI is InChI=1S/C14H19NO4/c1-3-5-18-12-7-9(8-16)6-10-13(12)19-11(4-2)14(17)15-10/h6-7,11,16H,3-5,8H2,1-2H3,(H,15,17). The first kappa shape index (κ1) is 13.7. The first-order valence-corrected chi connectivity index (χ1v) is 6.57. The number of fused-ring (bicyclic) bond motifs is 1. The molecule has 104 valence electrons. The van der Waals surface area contributed by atoms with Gasteiger partial charge < -0.3 is 19.9 Å². The minimum Gasteiger partial charge on any atom is -0.490 e. The molecule has 2 N–H and O–H groups in total. The molecular formula is C14H19NO4. The van der Waals surface area contributed by atoms with E-state index in [2.05, 4.69) is 5.32 Å². The molecule has 1 aromatic rings. The van der Waals surface area contributed by atoms with E-state index in [0.717, 1.165) is 6.42 Å². The van der Waals surface area contributed by atoms with E-state index < -0.39 is 6.10 Å². The van der Waals surface area contributed by atoms with Crippen LogP contribution in [0.4, 0.5) is 5.69 Å². The van der Waals surface area contributed by atoms with E-state index in [9.17, 15) is 9.90 Å². The Bertz CT molecular complexity index is 473. The van der Waals surface area contributed by atoms with Crippen LogP contribution < -0.4 is 14.8 Å². The Kier molecular flexibility index (Phi) is 4.27.